The van der Waals surface area contributed by atoms with E-state index in [1.807, 2.05) is 61.3 Å². The number of thiazole rings is 1. The summed E-state index contributed by atoms with van der Waals surface area (Å²) >= 11 is 2.96. The van der Waals surface area contributed by atoms with Gasteiger partial charge in [0.25, 0.3) is 0 Å². The van der Waals surface area contributed by atoms with Crippen LogP contribution in [0.3, 0.4) is 0 Å². The number of fused-ring (bicyclic) bond motifs is 2. The zero-order valence-electron chi connectivity index (χ0n) is 15.1. The molecule has 0 saturated heterocycles. The number of aromatic nitrogens is 2. The summed E-state index contributed by atoms with van der Waals surface area (Å²) in [5.74, 6) is 0. The van der Waals surface area contributed by atoms with Crippen LogP contribution in [0.5, 0.6) is 0 Å². The molecule has 0 spiro atoms. The normalized spacial score (nSPS) is 11.5. The summed E-state index contributed by atoms with van der Waals surface area (Å²) in [7, 11) is 5.84. The van der Waals surface area contributed by atoms with Crippen LogP contribution in [0.1, 0.15) is 9.67 Å². The average Bonchev–Trinajstić information content (AvgIpc) is 3.26. The van der Waals surface area contributed by atoms with Gasteiger partial charge in [-0.15, -0.1) is 11.3 Å². The predicted octanol–water partition coefficient (Wildman–Crippen LogP) is 4.58. The second-order valence-corrected chi connectivity index (χ2v) is 8.20. The van der Waals surface area contributed by atoms with Crippen LogP contribution in [-0.4, -0.2) is 43.7 Å². The van der Waals surface area contributed by atoms with Crippen molar-refractivity contribution in [3.8, 4) is 0 Å². The molecule has 3 heterocycles. The monoisotopic (exact) mass is 395 g/mol. The van der Waals surface area contributed by atoms with E-state index in [0.29, 0.717) is 10.6 Å². The second kappa shape index (κ2) is 7.05. The molecule has 4 aromatic rings. The topological polar surface area (TPSA) is 61.7 Å². The van der Waals surface area contributed by atoms with Gasteiger partial charge in [-0.3, -0.25) is 4.79 Å². The van der Waals surface area contributed by atoms with Gasteiger partial charge in [0.1, 0.15) is 4.83 Å². The first-order valence-corrected chi connectivity index (χ1v) is 9.88. The molecular weight excluding hydrogens is 378 g/mol. The Morgan fingerprint density at radius 2 is 1.93 bits per heavy atom. The fraction of sp³-hybridized carbons (Fsp3) is 0.158. The molecule has 0 bridgehead atoms. The number of nitrogens with zero attached hydrogens (tertiary/aromatic N) is 5. The number of hydrogen-bond donors (Lipinski definition) is 0. The van der Waals surface area contributed by atoms with Gasteiger partial charge in [-0.25, -0.2) is 15.0 Å². The van der Waals surface area contributed by atoms with Gasteiger partial charge >= 0.3 is 0 Å². The molecule has 6 nitrogen and oxygen atoms in total. The Balaban J connectivity index is 1.76. The van der Waals surface area contributed by atoms with Crippen molar-refractivity contribution in [1.82, 2.24) is 9.97 Å². The van der Waals surface area contributed by atoms with Crippen molar-refractivity contribution in [2.45, 2.75) is 0 Å². The molecule has 0 aliphatic carbocycles. The number of benzene rings is 1. The molecule has 0 saturated carbocycles. The fourth-order valence-electron chi connectivity index (χ4n) is 2.79. The van der Waals surface area contributed by atoms with Crippen molar-refractivity contribution in [3.05, 3.63) is 41.4 Å². The Hall–Kier alpha value is -2.84. The lowest BCUT2D eigenvalue weighted by molar-refractivity contribution is 0.112. The van der Waals surface area contributed by atoms with Gasteiger partial charge in [-0.1, -0.05) is 23.5 Å². The number of thiophene rings is 1. The maximum Gasteiger partial charge on any atom is 0.191 e. The van der Waals surface area contributed by atoms with E-state index in [-0.39, 0.29) is 0 Å². The summed E-state index contributed by atoms with van der Waals surface area (Å²) < 4.78 is 1.13. The molecule has 0 N–H and O–H groups in total. The Morgan fingerprint density at radius 3 is 2.67 bits per heavy atom. The number of pyridine rings is 1. The lowest BCUT2D eigenvalue weighted by Crippen LogP contribution is -2.13. The smallest absolute Gasteiger partial charge is 0.191 e. The quantitative estimate of drug-likeness (QED) is 0.281. The standard InChI is InChI=1S/C19H17N5OS2/c1-23(2)13-8-9-20-18-16(13)17(15(10-25)26-18)21-11-24(3)19-22-12-6-4-5-7-14(12)27-19/h4-11H,1-3H3. The van der Waals surface area contributed by atoms with Crippen LogP contribution in [0.2, 0.25) is 0 Å². The molecule has 0 radical (unpaired) electrons. The van der Waals surface area contributed by atoms with Crippen LogP contribution in [0.15, 0.2) is 41.5 Å². The molecule has 0 aliphatic rings. The van der Waals surface area contributed by atoms with E-state index in [4.69, 9.17) is 0 Å². The minimum atomic E-state index is 0.570. The molecule has 3 aromatic heterocycles. The van der Waals surface area contributed by atoms with E-state index in [1.54, 1.807) is 23.9 Å². The molecule has 0 amide bonds. The zero-order chi connectivity index (χ0) is 19.0. The van der Waals surface area contributed by atoms with Crippen LogP contribution in [0, 0.1) is 0 Å². The zero-order valence-corrected chi connectivity index (χ0v) is 16.7. The number of aliphatic imine (C=N–C) groups is 1. The third-order valence-electron chi connectivity index (χ3n) is 4.10. The Bertz CT molecular complexity index is 1130. The van der Waals surface area contributed by atoms with Crippen LogP contribution in [0.25, 0.3) is 20.4 Å². The van der Waals surface area contributed by atoms with E-state index >= 15 is 0 Å². The summed E-state index contributed by atoms with van der Waals surface area (Å²) in [6, 6.07) is 9.95. The first-order valence-electron chi connectivity index (χ1n) is 8.25. The van der Waals surface area contributed by atoms with Crippen LogP contribution in [-0.2, 0) is 0 Å². The largest absolute Gasteiger partial charge is 0.377 e. The maximum atomic E-state index is 11.6. The third-order valence-corrected chi connectivity index (χ3v) is 6.24. The molecule has 0 aliphatic heterocycles. The molecule has 8 heteroatoms. The van der Waals surface area contributed by atoms with Crippen molar-refractivity contribution < 1.29 is 4.79 Å². The molecule has 136 valence electrons. The highest BCUT2D eigenvalue weighted by molar-refractivity contribution is 7.22. The summed E-state index contributed by atoms with van der Waals surface area (Å²) in [5.41, 5.74) is 2.60. The van der Waals surface area contributed by atoms with E-state index in [9.17, 15) is 4.79 Å². The molecule has 0 fully saturated rings. The van der Waals surface area contributed by atoms with Gasteiger partial charge in [0.2, 0.25) is 0 Å². The number of carbonyl (C=O) groups is 1. The van der Waals surface area contributed by atoms with Crippen molar-refractivity contribution in [2.24, 2.45) is 4.99 Å². The highest BCUT2D eigenvalue weighted by Crippen LogP contribution is 2.41. The van der Waals surface area contributed by atoms with Crippen molar-refractivity contribution in [2.75, 3.05) is 30.9 Å². The maximum absolute atomic E-state index is 11.6. The van der Waals surface area contributed by atoms with Crippen molar-refractivity contribution >= 4 is 72.2 Å². The van der Waals surface area contributed by atoms with Gasteiger partial charge in [-0.05, 0) is 18.2 Å². The predicted molar refractivity (Wildman–Crippen MR) is 116 cm³/mol. The minimum Gasteiger partial charge on any atom is -0.377 e. The third kappa shape index (κ3) is 3.17. The molecule has 4 rings (SSSR count). The molecule has 0 atom stereocenters. The second-order valence-electron chi connectivity index (χ2n) is 6.16. The average molecular weight is 396 g/mol. The number of rotatable bonds is 5. The van der Waals surface area contributed by atoms with Gasteiger partial charge in [0.05, 0.1) is 38.2 Å². The lowest BCUT2D eigenvalue weighted by Gasteiger charge is -2.14. The SMILES string of the molecule is CN(C)c1ccnc2sc(C=O)c(N=CN(C)c3nc4ccccc4s3)c12. The summed E-state index contributed by atoms with van der Waals surface area (Å²) in [4.78, 5) is 30.5. The number of carbonyl (C=O) groups excluding carboxylic acids is 1. The number of para-hydroxylation sites is 1. The number of aldehydes is 1. The van der Waals surface area contributed by atoms with Gasteiger partial charge < -0.3 is 9.80 Å². The first kappa shape index (κ1) is 17.6. The molecular formula is C19H17N5OS2. The minimum absolute atomic E-state index is 0.570. The van der Waals surface area contributed by atoms with E-state index in [1.165, 1.54) is 11.3 Å². The Morgan fingerprint density at radius 1 is 1.11 bits per heavy atom. The van der Waals surface area contributed by atoms with Crippen molar-refractivity contribution in [1.29, 1.82) is 0 Å². The fourth-order valence-corrected chi connectivity index (χ4v) is 4.62. The number of anilines is 2. The Labute approximate surface area is 164 Å². The molecule has 27 heavy (non-hydrogen) atoms. The van der Waals surface area contributed by atoms with E-state index in [2.05, 4.69) is 15.0 Å². The van der Waals surface area contributed by atoms with E-state index < -0.39 is 0 Å². The molecule has 1 aromatic carbocycles. The molecule has 0 unspecified atom stereocenters. The Kier molecular flexibility index (Phi) is 4.59. The van der Waals surface area contributed by atoms with Gasteiger partial charge in [0.15, 0.2) is 11.4 Å². The lowest BCUT2D eigenvalue weighted by atomic mass is 10.2. The highest BCUT2D eigenvalue weighted by Gasteiger charge is 2.17. The summed E-state index contributed by atoms with van der Waals surface area (Å²) in [6.45, 7) is 0. The van der Waals surface area contributed by atoms with E-state index in [0.717, 1.165) is 37.5 Å². The summed E-state index contributed by atoms with van der Waals surface area (Å²) in [5, 5.41) is 1.74. The van der Waals surface area contributed by atoms with Crippen LogP contribution >= 0.6 is 22.7 Å². The first-order chi connectivity index (χ1) is 13.1. The number of hydrogen-bond acceptors (Lipinski definition) is 7. The van der Waals surface area contributed by atoms with Crippen LogP contribution < -0.4 is 9.80 Å². The van der Waals surface area contributed by atoms with Gasteiger partial charge in [-0.2, -0.15) is 0 Å². The van der Waals surface area contributed by atoms with Crippen LogP contribution in [0.4, 0.5) is 16.5 Å². The highest BCUT2D eigenvalue weighted by atomic mass is 32.1. The van der Waals surface area contributed by atoms with Crippen molar-refractivity contribution in [3.63, 3.8) is 0 Å². The summed E-state index contributed by atoms with van der Waals surface area (Å²) in [6.07, 6.45) is 4.30. The van der Waals surface area contributed by atoms with Gasteiger partial charge in [0, 0.05) is 27.3 Å².